The quantitative estimate of drug-likeness (QED) is 0.785. The van der Waals surface area contributed by atoms with Crippen molar-refractivity contribution in [1.82, 2.24) is 0 Å². The number of amides is 1. The van der Waals surface area contributed by atoms with Gasteiger partial charge in [-0.05, 0) is 43.5 Å². The van der Waals surface area contributed by atoms with Crippen molar-refractivity contribution in [1.29, 1.82) is 0 Å². The molecule has 1 unspecified atom stereocenters. The number of ether oxygens (including phenoxy) is 2. The second-order valence-corrected chi connectivity index (χ2v) is 6.24. The Hall–Kier alpha value is -1.20. The Balaban J connectivity index is 1.60. The number of methoxy groups -OCH3 is 1. The smallest absolute Gasteiger partial charge is 0.225 e. The van der Waals surface area contributed by atoms with Gasteiger partial charge >= 0.3 is 0 Å². The van der Waals surface area contributed by atoms with Crippen LogP contribution in [-0.4, -0.2) is 37.2 Å². The zero-order chi connectivity index (χ0) is 14.9. The Morgan fingerprint density at radius 2 is 2.19 bits per heavy atom. The average Bonchev–Trinajstić information content (AvgIpc) is 2.53. The number of carbonyl (C=O) groups is 1. The average molecular weight is 309 g/mol. The summed E-state index contributed by atoms with van der Waals surface area (Å²) in [6.45, 7) is 0.892. The van der Waals surface area contributed by atoms with E-state index in [0.717, 1.165) is 36.0 Å². The van der Waals surface area contributed by atoms with Crippen LogP contribution in [-0.2, 0) is 9.53 Å². The van der Waals surface area contributed by atoms with Crippen LogP contribution in [0, 0.1) is 0 Å². The first-order valence-corrected chi connectivity index (χ1v) is 8.56. The van der Waals surface area contributed by atoms with Crippen LogP contribution < -0.4 is 10.1 Å². The monoisotopic (exact) mass is 309 g/mol. The fraction of sp³-hybridized carbons (Fsp3) is 0.562. The van der Waals surface area contributed by atoms with Crippen molar-refractivity contribution in [3.63, 3.8) is 0 Å². The van der Waals surface area contributed by atoms with Gasteiger partial charge in [-0.25, -0.2) is 0 Å². The molecule has 5 heteroatoms. The lowest BCUT2D eigenvalue weighted by molar-refractivity contribution is -0.115. The molecule has 116 valence electrons. The molecular formula is C16H23NO3S. The first-order chi connectivity index (χ1) is 10.3. The van der Waals surface area contributed by atoms with E-state index >= 15 is 0 Å². The molecule has 4 nitrogen and oxygen atoms in total. The second kappa shape index (κ2) is 8.95. The molecule has 1 N–H and O–H groups in total. The lowest BCUT2D eigenvalue weighted by Gasteiger charge is -2.21. The molecule has 1 aromatic carbocycles. The Labute approximate surface area is 130 Å². The standard InChI is InChI=1S/C16H23NO3S/c1-19-14-7-5-13(6-8-14)17-16(18)9-11-21-12-15-4-2-3-10-20-15/h5-8,15H,2-4,9-12H2,1H3,(H,17,18). The zero-order valence-corrected chi connectivity index (χ0v) is 13.3. The highest BCUT2D eigenvalue weighted by atomic mass is 32.2. The van der Waals surface area contributed by atoms with Gasteiger partial charge in [0.2, 0.25) is 5.91 Å². The summed E-state index contributed by atoms with van der Waals surface area (Å²) in [6, 6.07) is 7.37. The van der Waals surface area contributed by atoms with E-state index in [-0.39, 0.29) is 5.91 Å². The van der Waals surface area contributed by atoms with Crippen molar-refractivity contribution in [3.05, 3.63) is 24.3 Å². The van der Waals surface area contributed by atoms with Crippen molar-refractivity contribution in [2.24, 2.45) is 0 Å². The van der Waals surface area contributed by atoms with Crippen LogP contribution in [0.3, 0.4) is 0 Å². The molecule has 1 aliphatic rings. The minimum Gasteiger partial charge on any atom is -0.497 e. The zero-order valence-electron chi connectivity index (χ0n) is 12.5. The number of thioether (sulfide) groups is 1. The lowest BCUT2D eigenvalue weighted by Crippen LogP contribution is -2.21. The maximum absolute atomic E-state index is 11.8. The van der Waals surface area contributed by atoms with Crippen LogP contribution in [0.1, 0.15) is 25.7 Å². The minimum absolute atomic E-state index is 0.0530. The van der Waals surface area contributed by atoms with Gasteiger partial charge in [-0.2, -0.15) is 11.8 Å². The molecule has 1 amide bonds. The van der Waals surface area contributed by atoms with Gasteiger partial charge in [0.25, 0.3) is 0 Å². The fourth-order valence-corrected chi connectivity index (χ4v) is 3.24. The molecule has 1 saturated heterocycles. The summed E-state index contributed by atoms with van der Waals surface area (Å²) >= 11 is 1.80. The number of nitrogens with one attached hydrogen (secondary N) is 1. The van der Waals surface area contributed by atoms with Crippen LogP contribution in [0.5, 0.6) is 5.75 Å². The van der Waals surface area contributed by atoms with Gasteiger partial charge in [-0.15, -0.1) is 0 Å². The second-order valence-electron chi connectivity index (χ2n) is 5.09. The van der Waals surface area contributed by atoms with Crippen molar-refractivity contribution >= 4 is 23.4 Å². The molecule has 0 aliphatic carbocycles. The van der Waals surface area contributed by atoms with E-state index in [1.807, 2.05) is 24.3 Å². The van der Waals surface area contributed by atoms with Gasteiger partial charge in [0, 0.05) is 30.2 Å². The van der Waals surface area contributed by atoms with Gasteiger partial charge in [-0.3, -0.25) is 4.79 Å². The van der Waals surface area contributed by atoms with E-state index < -0.39 is 0 Å². The molecule has 0 spiro atoms. The molecule has 21 heavy (non-hydrogen) atoms. The topological polar surface area (TPSA) is 47.6 Å². The Bertz CT molecular complexity index is 430. The van der Waals surface area contributed by atoms with E-state index in [2.05, 4.69) is 5.32 Å². The summed E-state index contributed by atoms with van der Waals surface area (Å²) in [5, 5.41) is 2.89. The summed E-state index contributed by atoms with van der Waals surface area (Å²) < 4.78 is 10.8. The third-order valence-corrected chi connectivity index (χ3v) is 4.53. The van der Waals surface area contributed by atoms with Crippen molar-refractivity contribution in [2.45, 2.75) is 31.8 Å². The van der Waals surface area contributed by atoms with Gasteiger partial charge in [0.05, 0.1) is 13.2 Å². The van der Waals surface area contributed by atoms with Crippen molar-refractivity contribution in [2.75, 3.05) is 30.5 Å². The first-order valence-electron chi connectivity index (χ1n) is 7.41. The SMILES string of the molecule is COc1ccc(NC(=O)CCSCC2CCCCO2)cc1. The summed E-state index contributed by atoms with van der Waals surface area (Å²) in [7, 11) is 1.63. The summed E-state index contributed by atoms with van der Waals surface area (Å²) in [5.41, 5.74) is 0.807. The molecule has 0 bridgehead atoms. The molecule has 1 aromatic rings. The van der Waals surface area contributed by atoms with Crippen LogP contribution in [0.15, 0.2) is 24.3 Å². The van der Waals surface area contributed by atoms with Gasteiger partial charge < -0.3 is 14.8 Å². The molecule has 1 atom stereocenters. The number of hydrogen-bond donors (Lipinski definition) is 1. The third kappa shape index (κ3) is 5.98. The highest BCUT2D eigenvalue weighted by Crippen LogP contribution is 2.18. The van der Waals surface area contributed by atoms with E-state index in [1.54, 1.807) is 18.9 Å². The van der Waals surface area contributed by atoms with Crippen molar-refractivity contribution < 1.29 is 14.3 Å². The third-order valence-electron chi connectivity index (χ3n) is 3.42. The molecule has 1 heterocycles. The Morgan fingerprint density at radius 1 is 1.38 bits per heavy atom. The van der Waals surface area contributed by atoms with E-state index in [9.17, 15) is 4.79 Å². The van der Waals surface area contributed by atoms with E-state index in [1.165, 1.54) is 12.8 Å². The van der Waals surface area contributed by atoms with Gasteiger partial charge in [0.15, 0.2) is 0 Å². The van der Waals surface area contributed by atoms with Crippen LogP contribution in [0.25, 0.3) is 0 Å². The molecule has 0 saturated carbocycles. The lowest BCUT2D eigenvalue weighted by atomic mass is 10.1. The summed E-state index contributed by atoms with van der Waals surface area (Å²) in [6.07, 6.45) is 4.52. The molecular weight excluding hydrogens is 286 g/mol. The van der Waals surface area contributed by atoms with Gasteiger partial charge in [0.1, 0.15) is 5.75 Å². The predicted octanol–water partition coefficient (Wildman–Crippen LogP) is 3.33. The fourth-order valence-electron chi connectivity index (χ4n) is 2.22. The largest absolute Gasteiger partial charge is 0.497 e. The highest BCUT2D eigenvalue weighted by Gasteiger charge is 2.13. The number of anilines is 1. The maximum atomic E-state index is 11.8. The van der Waals surface area contributed by atoms with Crippen LogP contribution in [0.2, 0.25) is 0 Å². The number of hydrogen-bond acceptors (Lipinski definition) is 4. The van der Waals surface area contributed by atoms with E-state index in [0.29, 0.717) is 12.5 Å². The maximum Gasteiger partial charge on any atom is 0.225 e. The molecule has 1 fully saturated rings. The number of carbonyl (C=O) groups excluding carboxylic acids is 1. The predicted molar refractivity (Wildman–Crippen MR) is 87.2 cm³/mol. The number of benzene rings is 1. The van der Waals surface area contributed by atoms with E-state index in [4.69, 9.17) is 9.47 Å². The van der Waals surface area contributed by atoms with Crippen LogP contribution >= 0.6 is 11.8 Å². The Morgan fingerprint density at radius 3 is 2.86 bits per heavy atom. The molecule has 2 rings (SSSR count). The highest BCUT2D eigenvalue weighted by molar-refractivity contribution is 7.99. The molecule has 0 radical (unpaired) electrons. The van der Waals surface area contributed by atoms with Crippen molar-refractivity contribution in [3.8, 4) is 5.75 Å². The molecule has 0 aromatic heterocycles. The minimum atomic E-state index is 0.0530. The Kier molecular flexibility index (Phi) is 6.89. The van der Waals surface area contributed by atoms with Crippen LogP contribution in [0.4, 0.5) is 5.69 Å². The normalized spacial score (nSPS) is 18.2. The number of rotatable bonds is 7. The van der Waals surface area contributed by atoms with Gasteiger partial charge in [-0.1, -0.05) is 0 Å². The summed E-state index contributed by atoms with van der Waals surface area (Å²) in [4.78, 5) is 11.8. The molecule has 1 aliphatic heterocycles. The summed E-state index contributed by atoms with van der Waals surface area (Å²) in [5.74, 6) is 2.67. The first kappa shape index (κ1) is 16.2.